The molecule has 0 amide bonds. The van der Waals surface area contributed by atoms with Gasteiger partial charge >= 0.3 is 0 Å². The second-order valence-corrected chi connectivity index (χ2v) is 9.55. The predicted molar refractivity (Wildman–Crippen MR) is 160 cm³/mol. The average molecular weight is 510 g/mol. The van der Waals surface area contributed by atoms with Gasteiger partial charge in [-0.2, -0.15) is 4.99 Å². The quantitative estimate of drug-likeness (QED) is 0.429. The molecule has 4 heterocycles. The van der Waals surface area contributed by atoms with Crippen molar-refractivity contribution in [1.82, 2.24) is 9.47 Å². The van der Waals surface area contributed by atoms with Crippen LogP contribution in [0.2, 0.25) is 0 Å². The van der Waals surface area contributed by atoms with Crippen molar-refractivity contribution < 1.29 is 0 Å². The van der Waals surface area contributed by atoms with E-state index in [1.165, 1.54) is 5.56 Å². The molecular weight excluding hydrogens is 482 g/mol. The molecule has 0 atom stereocenters. The van der Waals surface area contributed by atoms with Gasteiger partial charge in [0.05, 0.1) is 11.4 Å². The smallest absolute Gasteiger partial charge is 0.238 e. The van der Waals surface area contributed by atoms with Crippen LogP contribution in [0.1, 0.15) is 22.6 Å². The number of guanidine groups is 1. The monoisotopic (exact) mass is 509 g/mol. The third-order valence-electron chi connectivity index (χ3n) is 7.27. The minimum absolute atomic E-state index is 0.288. The van der Waals surface area contributed by atoms with E-state index in [0.29, 0.717) is 11.8 Å². The Morgan fingerprint density at radius 2 is 1.56 bits per heavy atom. The van der Waals surface area contributed by atoms with Crippen LogP contribution in [0, 0.1) is 0 Å². The Kier molecular flexibility index (Phi) is 5.48. The van der Waals surface area contributed by atoms with Gasteiger partial charge in [0.1, 0.15) is 5.82 Å². The van der Waals surface area contributed by atoms with E-state index < -0.39 is 0 Å². The summed E-state index contributed by atoms with van der Waals surface area (Å²) in [5.41, 5.74) is 8.07. The SMILES string of the molecule is CNc1cc(-n2cccc2)ccc1C1=NC2=NC(c3ccc(C4C=CC=C4)cc3NC)=NC3=CC=CC(=C1)N32. The van der Waals surface area contributed by atoms with Crippen molar-refractivity contribution in [2.45, 2.75) is 5.92 Å². The van der Waals surface area contributed by atoms with Gasteiger partial charge in [-0.05, 0) is 66.3 Å². The van der Waals surface area contributed by atoms with E-state index in [0.717, 1.165) is 45.4 Å². The summed E-state index contributed by atoms with van der Waals surface area (Å²) >= 11 is 0. The number of aliphatic imine (C=N–C) groups is 3. The molecule has 0 saturated carbocycles. The van der Waals surface area contributed by atoms with Crippen LogP contribution in [0.25, 0.3) is 5.69 Å². The lowest BCUT2D eigenvalue weighted by Gasteiger charge is -2.33. The number of amidine groups is 1. The standard InChI is InChI=1S/C32H27N7/c1-33-27-18-22(21-8-3-4-9-21)12-14-26(27)31-36-30-11-7-10-24-20-29(35-32(37-31)39(24)30)25-15-13-23(19-28(25)34-2)38-16-5-6-17-38/h3-21,33-34H,1-2H3. The number of nitrogens with one attached hydrogen (secondary N) is 2. The predicted octanol–water partition coefficient (Wildman–Crippen LogP) is 5.99. The topological polar surface area (TPSA) is 69.3 Å². The van der Waals surface area contributed by atoms with E-state index >= 15 is 0 Å². The summed E-state index contributed by atoms with van der Waals surface area (Å²) in [6.45, 7) is 0. The van der Waals surface area contributed by atoms with Gasteiger partial charge in [0.25, 0.3) is 0 Å². The molecule has 2 aromatic carbocycles. The molecular formula is C32H27N7. The molecule has 0 spiro atoms. The minimum Gasteiger partial charge on any atom is -0.388 e. The lowest BCUT2D eigenvalue weighted by molar-refractivity contribution is 0.617. The zero-order chi connectivity index (χ0) is 26.3. The maximum atomic E-state index is 5.04. The van der Waals surface area contributed by atoms with Gasteiger partial charge in [-0.25, -0.2) is 9.98 Å². The Balaban J connectivity index is 1.30. The fourth-order valence-electron chi connectivity index (χ4n) is 5.28. The molecule has 7 rings (SSSR count). The van der Waals surface area contributed by atoms with E-state index in [1.807, 2.05) is 55.7 Å². The van der Waals surface area contributed by atoms with E-state index in [2.05, 4.69) is 88.1 Å². The van der Waals surface area contributed by atoms with Crippen LogP contribution in [0.5, 0.6) is 0 Å². The molecule has 190 valence electrons. The zero-order valence-corrected chi connectivity index (χ0v) is 21.7. The summed E-state index contributed by atoms with van der Waals surface area (Å²) in [7, 11) is 3.87. The van der Waals surface area contributed by atoms with Crippen molar-refractivity contribution in [2.75, 3.05) is 24.7 Å². The number of hydrogen-bond donors (Lipinski definition) is 2. The first kappa shape index (κ1) is 23.0. The third-order valence-corrected chi connectivity index (χ3v) is 7.27. The molecule has 0 radical (unpaired) electrons. The van der Waals surface area contributed by atoms with Crippen molar-refractivity contribution in [3.05, 3.63) is 138 Å². The highest BCUT2D eigenvalue weighted by Crippen LogP contribution is 2.34. The molecule has 3 aromatic rings. The number of nitrogens with zero attached hydrogens (tertiary/aromatic N) is 5. The molecule has 0 unspecified atom stereocenters. The maximum Gasteiger partial charge on any atom is 0.238 e. The molecule has 1 aromatic heterocycles. The lowest BCUT2D eigenvalue weighted by atomic mass is 9.97. The number of benzene rings is 2. The van der Waals surface area contributed by atoms with Gasteiger partial charge in [-0.15, -0.1) is 0 Å². The summed E-state index contributed by atoms with van der Waals surface area (Å²) in [5.74, 6) is 2.33. The molecule has 7 heteroatoms. The van der Waals surface area contributed by atoms with Crippen molar-refractivity contribution in [3.8, 4) is 5.69 Å². The van der Waals surface area contributed by atoms with Gasteiger partial charge in [-0.1, -0.05) is 36.4 Å². The van der Waals surface area contributed by atoms with Crippen LogP contribution in [-0.2, 0) is 0 Å². The Hall–Kier alpha value is -5.17. The number of aromatic nitrogens is 1. The van der Waals surface area contributed by atoms with Crippen LogP contribution >= 0.6 is 0 Å². The van der Waals surface area contributed by atoms with E-state index in [9.17, 15) is 0 Å². The highest BCUT2D eigenvalue weighted by molar-refractivity contribution is 6.21. The highest BCUT2D eigenvalue weighted by Gasteiger charge is 2.31. The fourth-order valence-corrected chi connectivity index (χ4v) is 5.28. The Labute approximate surface area is 227 Å². The molecule has 0 fully saturated rings. The van der Waals surface area contributed by atoms with E-state index in [-0.39, 0.29) is 5.92 Å². The molecule has 2 N–H and O–H groups in total. The number of hydrogen-bond acceptors (Lipinski definition) is 6. The summed E-state index contributed by atoms with van der Waals surface area (Å²) in [6, 6.07) is 16.8. The van der Waals surface area contributed by atoms with Gasteiger partial charge in [0.2, 0.25) is 5.96 Å². The first-order valence-electron chi connectivity index (χ1n) is 13.0. The van der Waals surface area contributed by atoms with Crippen LogP contribution in [-0.4, -0.2) is 41.1 Å². The first-order chi connectivity index (χ1) is 19.2. The minimum atomic E-state index is 0.288. The van der Waals surface area contributed by atoms with Crippen molar-refractivity contribution in [3.63, 3.8) is 0 Å². The molecule has 4 aliphatic rings. The lowest BCUT2D eigenvalue weighted by Crippen LogP contribution is -2.36. The fraction of sp³-hybridized carbons (Fsp3) is 0.0938. The van der Waals surface area contributed by atoms with Crippen molar-refractivity contribution >= 4 is 28.9 Å². The molecule has 39 heavy (non-hydrogen) atoms. The molecule has 3 aliphatic heterocycles. The Morgan fingerprint density at radius 1 is 0.795 bits per heavy atom. The Morgan fingerprint density at radius 3 is 2.36 bits per heavy atom. The van der Waals surface area contributed by atoms with Crippen LogP contribution in [0.15, 0.2) is 136 Å². The Bertz CT molecular complexity index is 1710. The summed E-state index contributed by atoms with van der Waals surface area (Å²) in [4.78, 5) is 17.0. The second-order valence-electron chi connectivity index (χ2n) is 9.55. The number of anilines is 2. The first-order valence-corrected chi connectivity index (χ1v) is 13.0. The van der Waals surface area contributed by atoms with Gasteiger partial charge in [-0.3, -0.25) is 4.90 Å². The molecule has 0 saturated heterocycles. The largest absolute Gasteiger partial charge is 0.388 e. The van der Waals surface area contributed by atoms with Gasteiger partial charge in [0, 0.05) is 60.6 Å². The second kappa shape index (κ2) is 9.29. The number of rotatable bonds is 6. The van der Waals surface area contributed by atoms with Crippen molar-refractivity contribution in [2.24, 2.45) is 15.0 Å². The van der Waals surface area contributed by atoms with Crippen LogP contribution < -0.4 is 10.6 Å². The van der Waals surface area contributed by atoms with Gasteiger partial charge < -0.3 is 15.2 Å². The highest BCUT2D eigenvalue weighted by atomic mass is 15.4. The molecule has 7 nitrogen and oxygen atoms in total. The third kappa shape index (κ3) is 3.95. The normalized spacial score (nSPS) is 17.3. The number of allylic oxidation sites excluding steroid dienone is 8. The molecule has 0 bridgehead atoms. The summed E-state index contributed by atoms with van der Waals surface area (Å²) in [5, 5.41) is 6.70. The maximum absolute atomic E-state index is 5.04. The summed E-state index contributed by atoms with van der Waals surface area (Å²) < 4.78 is 2.09. The zero-order valence-electron chi connectivity index (χ0n) is 21.7. The van der Waals surface area contributed by atoms with Crippen LogP contribution in [0.3, 0.4) is 0 Å². The van der Waals surface area contributed by atoms with E-state index in [4.69, 9.17) is 15.0 Å². The van der Waals surface area contributed by atoms with Crippen LogP contribution in [0.4, 0.5) is 11.4 Å². The average Bonchev–Trinajstić information content (AvgIpc) is 3.72. The van der Waals surface area contributed by atoms with E-state index in [1.54, 1.807) is 0 Å². The molecule has 1 aliphatic carbocycles. The van der Waals surface area contributed by atoms with Crippen molar-refractivity contribution in [1.29, 1.82) is 0 Å². The summed E-state index contributed by atoms with van der Waals surface area (Å²) in [6.07, 6.45) is 20.8. The van der Waals surface area contributed by atoms with Gasteiger partial charge in [0.15, 0.2) is 5.84 Å².